The second-order valence-corrected chi connectivity index (χ2v) is 7.53. The number of nitrogens with zero attached hydrogens (tertiary/aromatic N) is 6. The molecule has 2 aliphatic rings. The number of likely N-dealkylation sites (tertiary alicyclic amines) is 1. The van der Waals surface area contributed by atoms with Crippen LogP contribution in [0.4, 0.5) is 4.39 Å². The van der Waals surface area contributed by atoms with E-state index in [0.29, 0.717) is 44.2 Å². The fourth-order valence-electron chi connectivity index (χ4n) is 3.82. The largest absolute Gasteiger partial charge is 0.342 e. The highest BCUT2D eigenvalue weighted by Gasteiger charge is 2.27. The van der Waals surface area contributed by atoms with Crippen molar-refractivity contribution in [2.75, 3.05) is 45.8 Å². The number of aromatic nitrogens is 3. The van der Waals surface area contributed by atoms with Crippen LogP contribution < -0.4 is 0 Å². The van der Waals surface area contributed by atoms with Gasteiger partial charge in [-0.05, 0) is 44.0 Å². The van der Waals surface area contributed by atoms with Gasteiger partial charge in [-0.3, -0.25) is 14.5 Å². The highest BCUT2D eigenvalue weighted by atomic mass is 19.1. The van der Waals surface area contributed by atoms with Crippen LogP contribution in [0.15, 0.2) is 24.3 Å². The van der Waals surface area contributed by atoms with E-state index in [9.17, 15) is 14.0 Å². The van der Waals surface area contributed by atoms with Crippen LogP contribution in [0.2, 0.25) is 0 Å². The van der Waals surface area contributed by atoms with Crippen LogP contribution in [-0.4, -0.2) is 87.1 Å². The molecule has 0 spiro atoms. The Morgan fingerprint density at radius 1 is 0.966 bits per heavy atom. The van der Waals surface area contributed by atoms with E-state index in [1.165, 1.54) is 16.8 Å². The molecule has 2 aliphatic heterocycles. The van der Waals surface area contributed by atoms with Crippen molar-refractivity contribution >= 4 is 11.8 Å². The second-order valence-electron chi connectivity index (χ2n) is 7.53. The topological polar surface area (TPSA) is 74.6 Å². The van der Waals surface area contributed by atoms with Crippen molar-refractivity contribution in [1.82, 2.24) is 29.5 Å². The van der Waals surface area contributed by atoms with Gasteiger partial charge in [0.25, 0.3) is 5.91 Å². The Bertz CT molecular complexity index is 883. The third kappa shape index (κ3) is 4.29. The fourth-order valence-corrected chi connectivity index (χ4v) is 3.82. The summed E-state index contributed by atoms with van der Waals surface area (Å²) in [5.41, 5.74) is 0.653. The lowest BCUT2D eigenvalue weighted by Gasteiger charge is -2.34. The van der Waals surface area contributed by atoms with Gasteiger partial charge in [0, 0.05) is 39.3 Å². The van der Waals surface area contributed by atoms with E-state index in [1.807, 2.05) is 4.90 Å². The Hall–Kier alpha value is -2.81. The van der Waals surface area contributed by atoms with Gasteiger partial charge < -0.3 is 9.80 Å². The van der Waals surface area contributed by atoms with Gasteiger partial charge in [-0.25, -0.2) is 14.1 Å². The predicted octanol–water partition coefficient (Wildman–Crippen LogP) is 1.10. The molecule has 0 unspecified atom stereocenters. The van der Waals surface area contributed by atoms with Crippen molar-refractivity contribution in [1.29, 1.82) is 0 Å². The number of amides is 2. The third-order valence-corrected chi connectivity index (χ3v) is 5.51. The summed E-state index contributed by atoms with van der Waals surface area (Å²) >= 11 is 0. The summed E-state index contributed by atoms with van der Waals surface area (Å²) in [5, 5.41) is 4.32. The number of rotatable bonds is 4. The van der Waals surface area contributed by atoms with E-state index in [0.717, 1.165) is 25.9 Å². The Kier molecular flexibility index (Phi) is 5.57. The monoisotopic (exact) mass is 400 g/mol. The highest BCUT2D eigenvalue weighted by Crippen LogP contribution is 2.13. The molecule has 9 heteroatoms. The molecule has 0 radical (unpaired) electrons. The predicted molar refractivity (Wildman–Crippen MR) is 104 cm³/mol. The Labute approximate surface area is 168 Å². The van der Waals surface area contributed by atoms with E-state index in [4.69, 9.17) is 0 Å². The van der Waals surface area contributed by atoms with E-state index in [2.05, 4.69) is 15.0 Å². The standard InChI is InChI=1S/C20H25FN6O2/c1-15-22-19(23-27(15)17-6-4-16(21)5-7-17)20(29)26-12-10-24(11-13-26)14-18(28)25-8-2-3-9-25/h4-7H,2-3,8-14H2,1H3. The molecule has 3 heterocycles. The molecule has 2 fully saturated rings. The maximum atomic E-state index is 13.1. The minimum absolute atomic E-state index is 0.133. The lowest BCUT2D eigenvalue weighted by atomic mass is 10.3. The molecule has 2 amide bonds. The average molecular weight is 400 g/mol. The third-order valence-electron chi connectivity index (χ3n) is 5.51. The van der Waals surface area contributed by atoms with Crippen molar-refractivity contribution in [3.05, 3.63) is 41.7 Å². The first-order valence-corrected chi connectivity index (χ1v) is 10.0. The minimum atomic E-state index is -0.330. The smallest absolute Gasteiger partial charge is 0.293 e. The van der Waals surface area contributed by atoms with Crippen LogP contribution in [0.5, 0.6) is 0 Å². The van der Waals surface area contributed by atoms with Crippen molar-refractivity contribution in [2.24, 2.45) is 0 Å². The van der Waals surface area contributed by atoms with Crippen LogP contribution in [0.25, 0.3) is 5.69 Å². The van der Waals surface area contributed by atoms with Gasteiger partial charge >= 0.3 is 0 Å². The SMILES string of the molecule is Cc1nc(C(=O)N2CCN(CC(=O)N3CCCC3)CC2)nn1-c1ccc(F)cc1. The highest BCUT2D eigenvalue weighted by molar-refractivity contribution is 5.90. The van der Waals surface area contributed by atoms with E-state index in [-0.39, 0.29) is 23.5 Å². The molecule has 2 aromatic rings. The Morgan fingerprint density at radius 3 is 2.28 bits per heavy atom. The van der Waals surface area contributed by atoms with Crippen molar-refractivity contribution in [3.63, 3.8) is 0 Å². The zero-order valence-electron chi connectivity index (χ0n) is 16.6. The molecule has 0 bridgehead atoms. The van der Waals surface area contributed by atoms with Gasteiger partial charge in [-0.2, -0.15) is 0 Å². The zero-order valence-corrected chi connectivity index (χ0v) is 16.6. The lowest BCUT2D eigenvalue weighted by molar-refractivity contribution is -0.131. The minimum Gasteiger partial charge on any atom is -0.342 e. The molecule has 29 heavy (non-hydrogen) atoms. The number of carbonyl (C=O) groups excluding carboxylic acids is 2. The quantitative estimate of drug-likeness (QED) is 0.768. The van der Waals surface area contributed by atoms with Crippen LogP contribution in [-0.2, 0) is 4.79 Å². The van der Waals surface area contributed by atoms with E-state index >= 15 is 0 Å². The van der Waals surface area contributed by atoms with Crippen LogP contribution >= 0.6 is 0 Å². The number of hydrogen-bond donors (Lipinski definition) is 0. The van der Waals surface area contributed by atoms with Crippen molar-refractivity contribution < 1.29 is 14.0 Å². The molecule has 0 aliphatic carbocycles. The molecule has 154 valence electrons. The maximum absolute atomic E-state index is 13.1. The van der Waals surface area contributed by atoms with Crippen molar-refractivity contribution in [2.45, 2.75) is 19.8 Å². The van der Waals surface area contributed by atoms with Gasteiger partial charge in [0.15, 0.2) is 0 Å². The van der Waals surface area contributed by atoms with Gasteiger partial charge in [0.05, 0.1) is 12.2 Å². The maximum Gasteiger partial charge on any atom is 0.293 e. The molecular formula is C20H25FN6O2. The number of hydrogen-bond acceptors (Lipinski definition) is 5. The zero-order chi connectivity index (χ0) is 20.4. The number of piperazine rings is 1. The number of carbonyl (C=O) groups is 2. The number of halogens is 1. The molecule has 4 rings (SSSR count). The summed E-state index contributed by atoms with van der Waals surface area (Å²) in [4.78, 5) is 35.2. The number of benzene rings is 1. The molecule has 0 N–H and O–H groups in total. The molecule has 0 saturated carbocycles. The van der Waals surface area contributed by atoms with Crippen LogP contribution in [0.3, 0.4) is 0 Å². The molecule has 8 nitrogen and oxygen atoms in total. The molecule has 2 saturated heterocycles. The van der Waals surface area contributed by atoms with Crippen molar-refractivity contribution in [3.8, 4) is 5.69 Å². The van der Waals surface area contributed by atoms with E-state index < -0.39 is 0 Å². The van der Waals surface area contributed by atoms with Gasteiger partial charge in [0.2, 0.25) is 11.7 Å². The normalized spacial score (nSPS) is 17.7. The molecule has 0 atom stereocenters. The van der Waals surface area contributed by atoms with Crippen LogP contribution in [0.1, 0.15) is 29.3 Å². The average Bonchev–Trinajstić information content (AvgIpc) is 3.39. The Morgan fingerprint density at radius 2 is 1.62 bits per heavy atom. The van der Waals surface area contributed by atoms with Gasteiger partial charge in [-0.15, -0.1) is 5.10 Å². The number of aryl methyl sites for hydroxylation is 1. The summed E-state index contributed by atoms with van der Waals surface area (Å²) < 4.78 is 14.7. The first-order chi connectivity index (χ1) is 14.0. The summed E-state index contributed by atoms with van der Waals surface area (Å²) in [6.45, 7) is 6.28. The Balaban J connectivity index is 1.35. The first kappa shape index (κ1) is 19.5. The molecular weight excluding hydrogens is 375 g/mol. The lowest BCUT2D eigenvalue weighted by Crippen LogP contribution is -2.51. The fraction of sp³-hybridized carbons (Fsp3) is 0.500. The molecule has 1 aromatic heterocycles. The second kappa shape index (κ2) is 8.28. The summed E-state index contributed by atoms with van der Waals surface area (Å²) in [6.07, 6.45) is 2.18. The first-order valence-electron chi connectivity index (χ1n) is 10.0. The summed E-state index contributed by atoms with van der Waals surface area (Å²) in [6, 6.07) is 5.89. The van der Waals surface area contributed by atoms with E-state index in [1.54, 1.807) is 24.0 Å². The molecule has 1 aromatic carbocycles. The van der Waals surface area contributed by atoms with Gasteiger partial charge in [0.1, 0.15) is 11.6 Å². The van der Waals surface area contributed by atoms with Crippen LogP contribution in [0, 0.1) is 12.7 Å². The van der Waals surface area contributed by atoms with Gasteiger partial charge in [-0.1, -0.05) is 0 Å². The summed E-state index contributed by atoms with van der Waals surface area (Å²) in [7, 11) is 0. The summed E-state index contributed by atoms with van der Waals surface area (Å²) in [5.74, 6) is 0.323.